The van der Waals surface area contributed by atoms with Gasteiger partial charge in [-0.2, -0.15) is 13.2 Å². The first-order chi connectivity index (χ1) is 12.7. The van der Waals surface area contributed by atoms with Gasteiger partial charge in [0.1, 0.15) is 11.6 Å². The number of benzene rings is 1. The van der Waals surface area contributed by atoms with Crippen molar-refractivity contribution in [3.63, 3.8) is 0 Å². The maximum atomic E-state index is 13.3. The number of rotatable bonds is 3. The predicted octanol–water partition coefficient (Wildman–Crippen LogP) is 5.74. The Morgan fingerprint density at radius 1 is 1.11 bits per heavy atom. The van der Waals surface area contributed by atoms with E-state index in [1.54, 1.807) is 20.8 Å². The summed E-state index contributed by atoms with van der Waals surface area (Å²) in [5.41, 5.74) is -2.89. The van der Waals surface area contributed by atoms with Crippen molar-refractivity contribution in [3.8, 4) is 11.1 Å². The molecule has 0 saturated heterocycles. The fourth-order valence-electron chi connectivity index (χ4n) is 2.52. The quantitative estimate of drug-likeness (QED) is 0.577. The summed E-state index contributed by atoms with van der Waals surface area (Å²) in [6.45, 7) is 6.46. The van der Waals surface area contributed by atoms with Crippen molar-refractivity contribution in [2.45, 2.75) is 45.5 Å². The maximum Gasteiger partial charge on any atom is 0.417 e. The largest absolute Gasteiger partial charge is 0.458 e. The Hall–Kier alpha value is -1.99. The molecule has 4 nitrogen and oxygen atoms in total. The Morgan fingerprint density at radius 3 is 2.25 bits per heavy atom. The normalized spacial score (nSPS) is 13.3. The van der Waals surface area contributed by atoms with Crippen molar-refractivity contribution >= 4 is 29.2 Å². The van der Waals surface area contributed by atoms with Crippen LogP contribution in [0, 0.1) is 0 Å². The first-order valence-electron chi connectivity index (χ1n) is 8.22. The van der Waals surface area contributed by atoms with E-state index in [0.29, 0.717) is 0 Å². The summed E-state index contributed by atoms with van der Waals surface area (Å²) < 4.78 is 46.3. The summed E-state index contributed by atoms with van der Waals surface area (Å²) in [6.07, 6.45) is -3.54. The lowest BCUT2D eigenvalue weighted by Crippen LogP contribution is -2.33. The molecule has 0 amide bonds. The number of esters is 1. The second-order valence-corrected chi connectivity index (χ2v) is 8.02. The molecule has 1 aromatic heterocycles. The molecule has 152 valence electrons. The number of pyridine rings is 1. The summed E-state index contributed by atoms with van der Waals surface area (Å²) in [5.74, 6) is -0.669. The van der Waals surface area contributed by atoms with E-state index in [1.165, 1.54) is 6.92 Å². The highest BCUT2D eigenvalue weighted by atomic mass is 35.5. The number of carbonyl (C=O) groups excluding carboxylic acids is 1. The Morgan fingerprint density at radius 2 is 1.71 bits per heavy atom. The summed E-state index contributed by atoms with van der Waals surface area (Å²) in [7, 11) is 0. The zero-order valence-electron chi connectivity index (χ0n) is 15.5. The Bertz CT molecular complexity index is 962. The van der Waals surface area contributed by atoms with Crippen LogP contribution in [0.1, 0.15) is 39.3 Å². The third kappa shape index (κ3) is 5.08. The molecule has 0 aliphatic rings. The molecule has 2 aromatic rings. The Balaban J connectivity index is 2.56. The molecule has 0 fully saturated rings. The summed E-state index contributed by atoms with van der Waals surface area (Å²) >= 11 is 12.0. The van der Waals surface area contributed by atoms with Gasteiger partial charge < -0.3 is 4.74 Å². The van der Waals surface area contributed by atoms with E-state index in [9.17, 15) is 22.8 Å². The minimum atomic E-state index is -4.66. The zero-order valence-corrected chi connectivity index (χ0v) is 17.0. The zero-order chi connectivity index (χ0) is 21.4. The highest BCUT2D eigenvalue weighted by Gasteiger charge is 2.34. The van der Waals surface area contributed by atoms with Crippen molar-refractivity contribution in [3.05, 3.63) is 56.4 Å². The maximum absolute atomic E-state index is 13.3. The van der Waals surface area contributed by atoms with E-state index in [4.69, 9.17) is 27.9 Å². The van der Waals surface area contributed by atoms with Crippen LogP contribution in [0.2, 0.25) is 10.0 Å². The average molecular weight is 436 g/mol. The molecule has 1 atom stereocenters. The van der Waals surface area contributed by atoms with Crippen LogP contribution in [0.15, 0.2) is 35.3 Å². The fraction of sp³-hybridized carbons (Fsp3) is 0.368. The number of alkyl halides is 3. The van der Waals surface area contributed by atoms with Crippen molar-refractivity contribution in [2.24, 2.45) is 0 Å². The van der Waals surface area contributed by atoms with Gasteiger partial charge in [0, 0.05) is 22.8 Å². The number of hydrogen-bond acceptors (Lipinski definition) is 3. The van der Waals surface area contributed by atoms with Gasteiger partial charge >= 0.3 is 12.1 Å². The van der Waals surface area contributed by atoms with Crippen molar-refractivity contribution in [1.29, 1.82) is 0 Å². The minimum Gasteiger partial charge on any atom is -0.458 e. The van der Waals surface area contributed by atoms with Crippen molar-refractivity contribution in [2.75, 3.05) is 0 Å². The number of ether oxygens (including phenoxy) is 1. The monoisotopic (exact) mass is 435 g/mol. The van der Waals surface area contributed by atoms with Gasteiger partial charge in [-0.25, -0.2) is 4.79 Å². The van der Waals surface area contributed by atoms with Crippen LogP contribution in [-0.4, -0.2) is 16.1 Å². The van der Waals surface area contributed by atoms with Gasteiger partial charge in [-0.15, -0.1) is 0 Å². The topological polar surface area (TPSA) is 48.3 Å². The third-order valence-corrected chi connectivity index (χ3v) is 4.31. The van der Waals surface area contributed by atoms with Gasteiger partial charge in [-0.05, 0) is 51.5 Å². The standard InChI is InChI=1S/C19H18Cl2F3NO3/c1-10(17(27)28-18(2,3)4)25-9-15(21)13(8-16(25)26)12-7-11(20)5-6-14(12)19(22,23)24/h5-10H,1-4H3. The molecule has 0 radical (unpaired) electrons. The van der Waals surface area contributed by atoms with E-state index < -0.39 is 34.9 Å². The summed E-state index contributed by atoms with van der Waals surface area (Å²) in [5, 5.41) is -0.0758. The number of halogens is 5. The lowest BCUT2D eigenvalue weighted by atomic mass is 10.00. The number of nitrogens with zero attached hydrogens (tertiary/aromatic N) is 1. The SMILES string of the molecule is CC(C(=O)OC(C)(C)C)n1cc(Cl)c(-c2cc(Cl)ccc2C(F)(F)F)cc1=O. The molecule has 1 aromatic carbocycles. The molecule has 2 rings (SSSR count). The van der Waals surface area contributed by atoms with Crippen molar-refractivity contribution in [1.82, 2.24) is 4.57 Å². The molecule has 0 spiro atoms. The molecule has 9 heteroatoms. The lowest BCUT2D eigenvalue weighted by Gasteiger charge is -2.23. The van der Waals surface area contributed by atoms with Gasteiger partial charge in [-0.1, -0.05) is 23.2 Å². The first-order valence-corrected chi connectivity index (χ1v) is 8.98. The molecule has 0 N–H and O–H groups in total. The van der Waals surface area contributed by atoms with E-state index in [-0.39, 0.29) is 21.2 Å². The molecule has 0 saturated carbocycles. The number of aromatic nitrogens is 1. The van der Waals surface area contributed by atoms with Crippen LogP contribution in [0.4, 0.5) is 13.2 Å². The van der Waals surface area contributed by atoms with Gasteiger partial charge in [-0.3, -0.25) is 9.36 Å². The van der Waals surface area contributed by atoms with E-state index in [0.717, 1.165) is 35.0 Å². The van der Waals surface area contributed by atoms with Gasteiger partial charge in [0.25, 0.3) is 5.56 Å². The molecule has 0 aliphatic carbocycles. The van der Waals surface area contributed by atoms with Gasteiger partial charge in [0.05, 0.1) is 10.6 Å². The molecule has 1 unspecified atom stereocenters. The first kappa shape index (κ1) is 22.3. The Labute approximate surface area is 169 Å². The second-order valence-electron chi connectivity index (χ2n) is 7.18. The molecule has 0 bridgehead atoms. The highest BCUT2D eigenvalue weighted by molar-refractivity contribution is 6.33. The molecular weight excluding hydrogens is 418 g/mol. The lowest BCUT2D eigenvalue weighted by molar-refractivity contribution is -0.158. The van der Waals surface area contributed by atoms with Crippen LogP contribution in [-0.2, 0) is 15.7 Å². The fourth-order valence-corrected chi connectivity index (χ4v) is 2.95. The van der Waals surface area contributed by atoms with Crippen LogP contribution in [0.5, 0.6) is 0 Å². The van der Waals surface area contributed by atoms with Crippen LogP contribution in [0.25, 0.3) is 11.1 Å². The van der Waals surface area contributed by atoms with E-state index in [1.807, 2.05) is 0 Å². The van der Waals surface area contributed by atoms with Gasteiger partial charge in [0.15, 0.2) is 0 Å². The number of hydrogen-bond donors (Lipinski definition) is 0. The smallest absolute Gasteiger partial charge is 0.417 e. The van der Waals surface area contributed by atoms with E-state index >= 15 is 0 Å². The van der Waals surface area contributed by atoms with Crippen LogP contribution >= 0.6 is 23.2 Å². The Kier molecular flexibility index (Phi) is 6.21. The summed E-state index contributed by atoms with van der Waals surface area (Å²) in [6, 6.07) is 2.95. The second kappa shape index (κ2) is 7.79. The predicted molar refractivity (Wildman–Crippen MR) is 102 cm³/mol. The molecule has 0 aliphatic heterocycles. The minimum absolute atomic E-state index is 0.0605. The van der Waals surface area contributed by atoms with Crippen LogP contribution in [0.3, 0.4) is 0 Å². The number of carbonyl (C=O) groups is 1. The average Bonchev–Trinajstić information content (AvgIpc) is 2.53. The van der Waals surface area contributed by atoms with Crippen LogP contribution < -0.4 is 5.56 Å². The highest BCUT2D eigenvalue weighted by Crippen LogP contribution is 2.40. The van der Waals surface area contributed by atoms with E-state index in [2.05, 4.69) is 0 Å². The molecular formula is C19H18Cl2F3NO3. The molecule has 28 heavy (non-hydrogen) atoms. The van der Waals surface area contributed by atoms with Crippen molar-refractivity contribution < 1.29 is 22.7 Å². The van der Waals surface area contributed by atoms with Gasteiger partial charge in [0.2, 0.25) is 0 Å². The third-order valence-electron chi connectivity index (χ3n) is 3.77. The molecule has 1 heterocycles. The summed E-state index contributed by atoms with van der Waals surface area (Å²) in [4.78, 5) is 24.7.